The molecule has 2 aliphatic rings. The van der Waals surface area contributed by atoms with Crippen molar-refractivity contribution in [3.63, 3.8) is 0 Å². The lowest BCUT2D eigenvalue weighted by Crippen LogP contribution is -2.38. The standard InChI is InChI=1S/C15H18BrF3N2/c16-10-4-5-12(15(17,18)19)14(6-10)21-7-9-2-1-3-13(20)11(9)8-21/h4-6,9,11,13H,1-3,7-8,20H2. The number of alkyl halides is 3. The van der Waals surface area contributed by atoms with Crippen molar-refractivity contribution in [3.8, 4) is 0 Å². The summed E-state index contributed by atoms with van der Waals surface area (Å²) in [6, 6.07) is 4.30. The fourth-order valence-electron chi connectivity index (χ4n) is 3.72. The van der Waals surface area contributed by atoms with Crippen LogP contribution in [0.2, 0.25) is 0 Å². The molecule has 6 heteroatoms. The van der Waals surface area contributed by atoms with Gasteiger partial charge in [-0.15, -0.1) is 0 Å². The Balaban J connectivity index is 1.92. The van der Waals surface area contributed by atoms with Crippen LogP contribution in [0.3, 0.4) is 0 Å². The smallest absolute Gasteiger partial charge is 0.370 e. The van der Waals surface area contributed by atoms with E-state index in [4.69, 9.17) is 5.73 Å². The Hall–Kier alpha value is -0.750. The van der Waals surface area contributed by atoms with Crippen molar-refractivity contribution in [1.29, 1.82) is 0 Å². The summed E-state index contributed by atoms with van der Waals surface area (Å²) < 4.78 is 40.3. The molecule has 0 radical (unpaired) electrons. The molecule has 0 bridgehead atoms. The zero-order chi connectivity index (χ0) is 15.2. The number of halogens is 4. The maximum Gasteiger partial charge on any atom is 0.418 e. The number of nitrogens with two attached hydrogens (primary N) is 1. The number of benzene rings is 1. The topological polar surface area (TPSA) is 29.3 Å². The van der Waals surface area contributed by atoms with Gasteiger partial charge in [0.15, 0.2) is 0 Å². The number of hydrogen-bond donors (Lipinski definition) is 1. The second kappa shape index (κ2) is 5.47. The average Bonchev–Trinajstić information content (AvgIpc) is 2.82. The summed E-state index contributed by atoms with van der Waals surface area (Å²) in [7, 11) is 0. The summed E-state index contributed by atoms with van der Waals surface area (Å²) >= 11 is 3.28. The molecule has 1 saturated carbocycles. The van der Waals surface area contributed by atoms with Gasteiger partial charge in [0.25, 0.3) is 0 Å². The first-order valence-electron chi connectivity index (χ1n) is 7.23. The minimum absolute atomic E-state index is 0.121. The Kier molecular flexibility index (Phi) is 3.94. The fraction of sp³-hybridized carbons (Fsp3) is 0.600. The third-order valence-electron chi connectivity index (χ3n) is 4.76. The SMILES string of the molecule is NC1CCCC2CN(c3cc(Br)ccc3C(F)(F)F)CC12. The largest absolute Gasteiger partial charge is 0.418 e. The van der Waals surface area contributed by atoms with Gasteiger partial charge in [0.2, 0.25) is 0 Å². The lowest BCUT2D eigenvalue weighted by Gasteiger charge is -2.29. The van der Waals surface area contributed by atoms with E-state index in [0.29, 0.717) is 29.4 Å². The second-order valence-corrected chi connectivity index (χ2v) is 7.00. The molecule has 116 valence electrons. The monoisotopic (exact) mass is 362 g/mol. The van der Waals surface area contributed by atoms with E-state index in [0.717, 1.165) is 25.3 Å². The molecule has 2 nitrogen and oxygen atoms in total. The molecule has 1 saturated heterocycles. The number of rotatable bonds is 1. The van der Waals surface area contributed by atoms with Gasteiger partial charge in [-0.05, 0) is 42.9 Å². The molecule has 0 aromatic heterocycles. The van der Waals surface area contributed by atoms with Gasteiger partial charge in [-0.2, -0.15) is 13.2 Å². The van der Waals surface area contributed by atoms with Crippen LogP contribution >= 0.6 is 15.9 Å². The molecule has 1 heterocycles. The van der Waals surface area contributed by atoms with Gasteiger partial charge >= 0.3 is 6.18 Å². The maximum atomic E-state index is 13.2. The van der Waals surface area contributed by atoms with Gasteiger partial charge in [-0.3, -0.25) is 0 Å². The third-order valence-corrected chi connectivity index (χ3v) is 5.25. The maximum absolute atomic E-state index is 13.2. The van der Waals surface area contributed by atoms with Gasteiger partial charge in [0.05, 0.1) is 11.3 Å². The molecule has 3 atom stereocenters. The summed E-state index contributed by atoms with van der Waals surface area (Å²) in [6.45, 7) is 1.31. The predicted octanol–water partition coefficient (Wildman–Crippen LogP) is 4.03. The van der Waals surface area contributed by atoms with Crippen LogP contribution in [0.4, 0.5) is 18.9 Å². The highest BCUT2D eigenvalue weighted by molar-refractivity contribution is 9.10. The van der Waals surface area contributed by atoms with Crippen molar-refractivity contribution in [2.45, 2.75) is 31.5 Å². The van der Waals surface area contributed by atoms with Crippen molar-refractivity contribution in [2.75, 3.05) is 18.0 Å². The summed E-state index contributed by atoms with van der Waals surface area (Å²) in [5.74, 6) is 0.743. The Labute approximate surface area is 130 Å². The summed E-state index contributed by atoms with van der Waals surface area (Å²) in [5, 5.41) is 0. The molecule has 21 heavy (non-hydrogen) atoms. The van der Waals surface area contributed by atoms with Crippen LogP contribution in [0.25, 0.3) is 0 Å². The van der Waals surface area contributed by atoms with Crippen LogP contribution in [-0.4, -0.2) is 19.1 Å². The number of hydrogen-bond acceptors (Lipinski definition) is 2. The first kappa shape index (κ1) is 15.2. The van der Waals surface area contributed by atoms with Gasteiger partial charge in [-0.25, -0.2) is 0 Å². The first-order chi connectivity index (χ1) is 9.86. The quantitative estimate of drug-likeness (QED) is 0.816. The molecule has 3 rings (SSSR count). The first-order valence-corrected chi connectivity index (χ1v) is 8.03. The fourth-order valence-corrected chi connectivity index (χ4v) is 4.07. The molecule has 1 aliphatic carbocycles. The van der Waals surface area contributed by atoms with Crippen molar-refractivity contribution in [2.24, 2.45) is 17.6 Å². The lowest BCUT2D eigenvalue weighted by atomic mass is 9.78. The van der Waals surface area contributed by atoms with Gasteiger partial charge < -0.3 is 10.6 Å². The van der Waals surface area contributed by atoms with Crippen LogP contribution in [0, 0.1) is 11.8 Å². The van der Waals surface area contributed by atoms with Gasteiger partial charge in [0.1, 0.15) is 0 Å². The molecule has 2 fully saturated rings. The van der Waals surface area contributed by atoms with E-state index in [2.05, 4.69) is 15.9 Å². The highest BCUT2D eigenvalue weighted by Gasteiger charge is 2.42. The molecule has 1 aromatic rings. The van der Waals surface area contributed by atoms with Crippen molar-refractivity contribution >= 4 is 21.6 Å². The minimum Gasteiger partial charge on any atom is -0.370 e. The van der Waals surface area contributed by atoms with E-state index in [-0.39, 0.29) is 11.7 Å². The summed E-state index contributed by atoms with van der Waals surface area (Å²) in [4.78, 5) is 1.87. The average molecular weight is 363 g/mol. The van der Waals surface area contributed by atoms with Crippen molar-refractivity contribution in [3.05, 3.63) is 28.2 Å². The Bertz CT molecular complexity index is 532. The normalized spacial score (nSPS) is 29.6. The highest BCUT2D eigenvalue weighted by atomic mass is 79.9. The van der Waals surface area contributed by atoms with Gasteiger partial charge in [0, 0.05) is 23.6 Å². The summed E-state index contributed by atoms with van der Waals surface area (Å²) in [5.41, 5.74) is 5.87. The molecule has 0 spiro atoms. The Morgan fingerprint density at radius 2 is 1.95 bits per heavy atom. The van der Waals surface area contributed by atoms with E-state index in [9.17, 15) is 13.2 Å². The van der Waals surface area contributed by atoms with E-state index in [1.165, 1.54) is 6.07 Å². The molecule has 3 unspecified atom stereocenters. The number of fused-ring (bicyclic) bond motifs is 1. The Morgan fingerprint density at radius 1 is 1.19 bits per heavy atom. The van der Waals surface area contributed by atoms with Crippen LogP contribution in [-0.2, 0) is 6.18 Å². The van der Waals surface area contributed by atoms with Crippen LogP contribution in [0.5, 0.6) is 0 Å². The van der Waals surface area contributed by atoms with Crippen LogP contribution in [0.15, 0.2) is 22.7 Å². The third kappa shape index (κ3) is 2.93. The zero-order valence-corrected chi connectivity index (χ0v) is 13.1. The molecule has 2 N–H and O–H groups in total. The molecule has 0 amide bonds. The minimum atomic E-state index is -4.33. The van der Waals surface area contributed by atoms with E-state index < -0.39 is 11.7 Å². The van der Waals surface area contributed by atoms with Crippen LogP contribution < -0.4 is 10.6 Å². The second-order valence-electron chi connectivity index (χ2n) is 6.08. The van der Waals surface area contributed by atoms with E-state index in [1.54, 1.807) is 6.07 Å². The van der Waals surface area contributed by atoms with Gasteiger partial charge in [-0.1, -0.05) is 22.4 Å². The zero-order valence-electron chi connectivity index (χ0n) is 11.5. The van der Waals surface area contributed by atoms with Crippen molar-refractivity contribution < 1.29 is 13.2 Å². The highest BCUT2D eigenvalue weighted by Crippen LogP contribution is 2.43. The van der Waals surface area contributed by atoms with Crippen LogP contribution in [0.1, 0.15) is 24.8 Å². The van der Waals surface area contributed by atoms with E-state index >= 15 is 0 Å². The van der Waals surface area contributed by atoms with Crippen molar-refractivity contribution in [1.82, 2.24) is 0 Å². The molecule has 1 aliphatic heterocycles. The summed E-state index contributed by atoms with van der Waals surface area (Å²) in [6.07, 6.45) is -1.18. The van der Waals surface area contributed by atoms with E-state index in [1.807, 2.05) is 4.90 Å². The molecular weight excluding hydrogens is 345 g/mol. The number of anilines is 1. The lowest BCUT2D eigenvalue weighted by molar-refractivity contribution is -0.137. The molecule has 1 aromatic carbocycles. The molecular formula is C15H18BrF3N2. The predicted molar refractivity (Wildman–Crippen MR) is 80.2 cm³/mol. The number of nitrogens with zero attached hydrogens (tertiary/aromatic N) is 1. The Morgan fingerprint density at radius 3 is 2.62 bits per heavy atom.